The Morgan fingerprint density at radius 1 is 0.296 bits per heavy atom. The van der Waals surface area contributed by atoms with E-state index in [9.17, 15) is 14.4 Å². The molecule has 0 heterocycles. The fraction of sp³-hybridized carbons (Fsp3) is 0.769. The van der Waals surface area contributed by atoms with Crippen LogP contribution in [0.2, 0.25) is 0 Å². The lowest BCUT2D eigenvalue weighted by Crippen LogP contribution is -2.30. The number of allylic oxidation sites excluding steroid dienone is 12. The molecular formula is C65H114O6. The van der Waals surface area contributed by atoms with Crippen LogP contribution in [0.4, 0.5) is 0 Å². The molecule has 6 nitrogen and oxygen atoms in total. The van der Waals surface area contributed by atoms with E-state index in [0.29, 0.717) is 19.3 Å². The van der Waals surface area contributed by atoms with Crippen LogP contribution in [0.15, 0.2) is 72.9 Å². The molecule has 0 saturated heterocycles. The van der Waals surface area contributed by atoms with Gasteiger partial charge in [-0.2, -0.15) is 0 Å². The molecule has 0 N–H and O–H groups in total. The zero-order chi connectivity index (χ0) is 51.4. The van der Waals surface area contributed by atoms with E-state index in [1.165, 1.54) is 161 Å². The van der Waals surface area contributed by atoms with Crippen molar-refractivity contribution in [1.82, 2.24) is 0 Å². The Bertz CT molecular complexity index is 1320. The summed E-state index contributed by atoms with van der Waals surface area (Å²) in [6.07, 6.45) is 76.8. The van der Waals surface area contributed by atoms with Crippen LogP contribution in [0.1, 0.15) is 303 Å². The lowest BCUT2D eigenvalue weighted by atomic mass is 10.0. The lowest BCUT2D eigenvalue weighted by Gasteiger charge is -2.18. The van der Waals surface area contributed by atoms with Crippen LogP contribution in [-0.2, 0) is 28.6 Å². The Hall–Kier alpha value is -3.15. The molecule has 0 spiro atoms. The van der Waals surface area contributed by atoms with E-state index in [-0.39, 0.29) is 31.1 Å². The van der Waals surface area contributed by atoms with Gasteiger partial charge in [0.2, 0.25) is 0 Å². The highest BCUT2D eigenvalue weighted by atomic mass is 16.6. The minimum Gasteiger partial charge on any atom is -0.462 e. The standard InChI is InChI=1S/C65H114O6/c1-4-7-10-13-15-17-19-21-22-23-24-25-26-27-28-29-30-31-32-33-34-35-36-37-38-39-40-41-42-44-45-47-49-52-55-58-64(67)70-61-62(60-69-63(66)57-54-51-12-9-6-3)71-65(68)59-56-53-50-48-46-43-20-18-16-14-11-8-5-2/h7,10,15,17,21-22,24-25,27-28,30-31,62H,4-6,8-9,11-14,16,18-20,23,26,29,32-61H2,1-3H3/b10-7-,17-15-,22-21-,25-24-,28-27-,31-30-. The summed E-state index contributed by atoms with van der Waals surface area (Å²) in [5, 5.41) is 0. The summed E-state index contributed by atoms with van der Waals surface area (Å²) in [4.78, 5) is 37.7. The van der Waals surface area contributed by atoms with Crippen molar-refractivity contribution in [3.8, 4) is 0 Å². The Morgan fingerprint density at radius 3 is 0.859 bits per heavy atom. The van der Waals surface area contributed by atoms with Gasteiger partial charge in [-0.15, -0.1) is 0 Å². The first-order valence-corrected chi connectivity index (χ1v) is 30.4. The molecule has 410 valence electrons. The third-order valence-electron chi connectivity index (χ3n) is 13.2. The van der Waals surface area contributed by atoms with Crippen molar-refractivity contribution in [3.63, 3.8) is 0 Å². The van der Waals surface area contributed by atoms with Crippen LogP contribution in [0.3, 0.4) is 0 Å². The SMILES string of the molecule is CC/C=C\C/C=C\C/C=C\C/C=C\C/C=C\C/C=C\CCCCCCCCCCCCCCCCCCC(=O)OCC(COC(=O)CCCCCCC)OC(=O)CCCCCCCCCCCCCCC. The number of unbranched alkanes of at least 4 members (excludes halogenated alkanes) is 32. The fourth-order valence-electron chi connectivity index (χ4n) is 8.68. The van der Waals surface area contributed by atoms with Crippen LogP contribution in [0, 0.1) is 0 Å². The molecule has 0 aliphatic carbocycles. The van der Waals surface area contributed by atoms with Crippen molar-refractivity contribution in [3.05, 3.63) is 72.9 Å². The number of hydrogen-bond acceptors (Lipinski definition) is 6. The summed E-state index contributed by atoms with van der Waals surface area (Å²) in [5.41, 5.74) is 0. The average Bonchev–Trinajstić information content (AvgIpc) is 3.37. The van der Waals surface area contributed by atoms with Crippen molar-refractivity contribution in [2.45, 2.75) is 309 Å². The Morgan fingerprint density at radius 2 is 0.549 bits per heavy atom. The van der Waals surface area contributed by atoms with E-state index >= 15 is 0 Å². The molecule has 0 saturated carbocycles. The van der Waals surface area contributed by atoms with Gasteiger partial charge in [0.25, 0.3) is 0 Å². The van der Waals surface area contributed by atoms with E-state index in [1.807, 2.05) is 0 Å². The highest BCUT2D eigenvalue weighted by Crippen LogP contribution is 2.17. The zero-order valence-corrected chi connectivity index (χ0v) is 47.0. The van der Waals surface area contributed by atoms with Crippen molar-refractivity contribution in [2.75, 3.05) is 13.2 Å². The van der Waals surface area contributed by atoms with E-state index in [2.05, 4.69) is 93.7 Å². The van der Waals surface area contributed by atoms with Gasteiger partial charge in [-0.05, 0) is 70.6 Å². The fourth-order valence-corrected chi connectivity index (χ4v) is 8.68. The van der Waals surface area contributed by atoms with Gasteiger partial charge >= 0.3 is 17.9 Å². The van der Waals surface area contributed by atoms with Gasteiger partial charge in [0.1, 0.15) is 13.2 Å². The monoisotopic (exact) mass is 991 g/mol. The number of hydrogen-bond donors (Lipinski definition) is 0. The molecule has 0 fully saturated rings. The maximum atomic E-state index is 12.7. The van der Waals surface area contributed by atoms with E-state index < -0.39 is 6.10 Å². The molecule has 71 heavy (non-hydrogen) atoms. The first-order chi connectivity index (χ1) is 35.0. The quantitative estimate of drug-likeness (QED) is 0.0261. The lowest BCUT2D eigenvalue weighted by molar-refractivity contribution is -0.167. The van der Waals surface area contributed by atoms with Crippen molar-refractivity contribution >= 4 is 17.9 Å². The highest BCUT2D eigenvalue weighted by molar-refractivity contribution is 5.71. The molecular weight excluding hydrogens is 877 g/mol. The molecule has 0 aromatic carbocycles. The molecule has 0 aliphatic heterocycles. The molecule has 6 heteroatoms. The predicted molar refractivity (Wildman–Crippen MR) is 307 cm³/mol. The summed E-state index contributed by atoms with van der Waals surface area (Å²) in [7, 11) is 0. The van der Waals surface area contributed by atoms with Crippen LogP contribution in [-0.4, -0.2) is 37.2 Å². The summed E-state index contributed by atoms with van der Waals surface area (Å²) in [6, 6.07) is 0. The van der Waals surface area contributed by atoms with Crippen molar-refractivity contribution < 1.29 is 28.6 Å². The minimum absolute atomic E-state index is 0.0702. The smallest absolute Gasteiger partial charge is 0.306 e. The molecule has 0 rings (SSSR count). The largest absolute Gasteiger partial charge is 0.462 e. The third kappa shape index (κ3) is 57.6. The first kappa shape index (κ1) is 67.8. The molecule has 0 radical (unpaired) electrons. The van der Waals surface area contributed by atoms with Gasteiger partial charge in [-0.25, -0.2) is 0 Å². The number of esters is 3. The Kier molecular flexibility index (Phi) is 56.8. The normalized spacial score (nSPS) is 12.5. The molecule has 1 atom stereocenters. The van der Waals surface area contributed by atoms with Crippen molar-refractivity contribution in [1.29, 1.82) is 0 Å². The summed E-state index contributed by atoms with van der Waals surface area (Å²) < 4.78 is 16.7. The first-order valence-electron chi connectivity index (χ1n) is 30.4. The number of ether oxygens (including phenoxy) is 3. The Balaban J connectivity index is 3.90. The molecule has 1 unspecified atom stereocenters. The van der Waals surface area contributed by atoms with Gasteiger partial charge in [-0.3, -0.25) is 14.4 Å². The average molecular weight is 992 g/mol. The topological polar surface area (TPSA) is 78.9 Å². The minimum atomic E-state index is -0.766. The van der Waals surface area contributed by atoms with Crippen LogP contribution in [0.25, 0.3) is 0 Å². The van der Waals surface area contributed by atoms with Crippen LogP contribution < -0.4 is 0 Å². The van der Waals surface area contributed by atoms with E-state index in [0.717, 1.165) is 103 Å². The van der Waals surface area contributed by atoms with Gasteiger partial charge < -0.3 is 14.2 Å². The second kappa shape index (κ2) is 59.4. The Labute approximate surface area is 440 Å². The summed E-state index contributed by atoms with van der Waals surface area (Å²) in [5.74, 6) is -0.872. The van der Waals surface area contributed by atoms with Crippen LogP contribution >= 0.6 is 0 Å². The maximum Gasteiger partial charge on any atom is 0.306 e. The number of carbonyl (C=O) groups excluding carboxylic acids is 3. The molecule has 0 amide bonds. The second-order valence-electron chi connectivity index (χ2n) is 20.2. The zero-order valence-electron chi connectivity index (χ0n) is 47.0. The van der Waals surface area contributed by atoms with Gasteiger partial charge in [0.15, 0.2) is 6.10 Å². The summed E-state index contributed by atoms with van der Waals surface area (Å²) >= 11 is 0. The second-order valence-corrected chi connectivity index (χ2v) is 20.2. The van der Waals surface area contributed by atoms with Gasteiger partial charge in [0.05, 0.1) is 0 Å². The van der Waals surface area contributed by atoms with Gasteiger partial charge in [-0.1, -0.05) is 286 Å². The maximum absolute atomic E-state index is 12.7. The van der Waals surface area contributed by atoms with Crippen molar-refractivity contribution in [2.24, 2.45) is 0 Å². The molecule has 0 aromatic heterocycles. The molecule has 0 aromatic rings. The highest BCUT2D eigenvalue weighted by Gasteiger charge is 2.19. The molecule has 0 aliphatic rings. The predicted octanol–water partition coefficient (Wildman–Crippen LogP) is 20.5. The molecule has 0 bridgehead atoms. The van der Waals surface area contributed by atoms with E-state index in [4.69, 9.17) is 14.2 Å². The van der Waals surface area contributed by atoms with Gasteiger partial charge in [0, 0.05) is 19.3 Å². The third-order valence-corrected chi connectivity index (χ3v) is 13.2. The summed E-state index contributed by atoms with van der Waals surface area (Å²) in [6.45, 7) is 6.46. The van der Waals surface area contributed by atoms with E-state index in [1.54, 1.807) is 0 Å². The number of rotatable bonds is 55. The number of carbonyl (C=O) groups is 3. The van der Waals surface area contributed by atoms with Crippen LogP contribution in [0.5, 0.6) is 0 Å².